The van der Waals surface area contributed by atoms with Crippen LogP contribution >= 0.6 is 11.3 Å². The van der Waals surface area contributed by atoms with Crippen LogP contribution in [0.25, 0.3) is 10.6 Å². The molecule has 0 atom stereocenters. The van der Waals surface area contributed by atoms with Gasteiger partial charge in [0, 0.05) is 16.5 Å². The average molecular weight is 356 g/mol. The molecule has 0 saturated heterocycles. The quantitative estimate of drug-likeness (QED) is 0.710. The molecule has 7 heteroatoms. The van der Waals surface area contributed by atoms with Gasteiger partial charge in [-0.1, -0.05) is 0 Å². The fourth-order valence-electron chi connectivity index (χ4n) is 2.09. The topological polar surface area (TPSA) is 82.3 Å². The number of nitrogens with zero attached hydrogens (tertiary/aromatic N) is 1. The van der Waals surface area contributed by atoms with E-state index in [4.69, 9.17) is 10.5 Å². The number of primary amides is 1. The maximum absolute atomic E-state index is 12.9. The van der Waals surface area contributed by atoms with E-state index < -0.39 is 11.9 Å². The van der Waals surface area contributed by atoms with Crippen molar-refractivity contribution in [3.63, 3.8) is 0 Å². The van der Waals surface area contributed by atoms with Crippen molar-refractivity contribution in [2.24, 2.45) is 5.73 Å². The number of amides is 1. The van der Waals surface area contributed by atoms with Crippen molar-refractivity contribution in [2.45, 2.75) is 6.61 Å². The molecule has 0 aliphatic rings. The van der Waals surface area contributed by atoms with Gasteiger partial charge in [0.05, 0.1) is 11.3 Å². The minimum absolute atomic E-state index is 0.0219. The van der Waals surface area contributed by atoms with Crippen LogP contribution in [-0.4, -0.2) is 16.9 Å². The van der Waals surface area contributed by atoms with Gasteiger partial charge in [-0.2, -0.15) is 0 Å². The highest BCUT2D eigenvalue weighted by atomic mass is 32.1. The number of ether oxygens (including phenoxy) is 1. The van der Waals surface area contributed by atoms with Gasteiger partial charge in [-0.15, -0.1) is 11.3 Å². The van der Waals surface area contributed by atoms with Crippen LogP contribution in [0, 0.1) is 5.82 Å². The van der Waals surface area contributed by atoms with E-state index in [2.05, 4.69) is 4.98 Å². The first-order chi connectivity index (χ1) is 12.0. The second kappa shape index (κ2) is 7.23. The average Bonchev–Trinajstić information content (AvgIpc) is 3.09. The van der Waals surface area contributed by atoms with Crippen LogP contribution in [0.4, 0.5) is 4.39 Å². The number of benzene rings is 2. The lowest BCUT2D eigenvalue weighted by atomic mass is 10.1. The lowest BCUT2D eigenvalue weighted by molar-refractivity contribution is 0.0468. The Bertz CT molecular complexity index is 905. The van der Waals surface area contributed by atoms with E-state index in [0.717, 1.165) is 10.6 Å². The first kappa shape index (κ1) is 16.8. The van der Waals surface area contributed by atoms with Crippen LogP contribution in [0.3, 0.4) is 0 Å². The molecule has 3 aromatic rings. The maximum atomic E-state index is 12.9. The summed E-state index contributed by atoms with van der Waals surface area (Å²) in [6.07, 6.45) is 0. The van der Waals surface area contributed by atoms with Gasteiger partial charge < -0.3 is 10.5 Å². The highest BCUT2D eigenvalue weighted by Crippen LogP contribution is 2.24. The Balaban J connectivity index is 1.62. The third-order valence-corrected chi connectivity index (χ3v) is 4.34. The zero-order valence-electron chi connectivity index (χ0n) is 12.9. The number of carbonyl (C=O) groups excluding carboxylic acids is 2. The summed E-state index contributed by atoms with van der Waals surface area (Å²) < 4.78 is 18.2. The smallest absolute Gasteiger partial charge is 0.338 e. The molecule has 2 aromatic carbocycles. The highest BCUT2D eigenvalue weighted by Gasteiger charge is 2.11. The minimum atomic E-state index is -0.560. The SMILES string of the molecule is NC(=O)c1ccc(C(=O)OCc2csc(-c3ccc(F)cc3)n2)cc1. The maximum Gasteiger partial charge on any atom is 0.338 e. The Labute approximate surface area is 146 Å². The molecule has 0 bridgehead atoms. The molecule has 0 saturated carbocycles. The second-order valence-corrected chi connectivity index (χ2v) is 6.03. The van der Waals surface area contributed by atoms with E-state index in [1.54, 1.807) is 17.5 Å². The Morgan fingerprint density at radius 1 is 1.04 bits per heavy atom. The third kappa shape index (κ3) is 4.07. The van der Waals surface area contributed by atoms with Crippen molar-refractivity contribution in [3.05, 3.63) is 76.5 Å². The van der Waals surface area contributed by atoms with E-state index in [9.17, 15) is 14.0 Å². The van der Waals surface area contributed by atoms with Gasteiger partial charge >= 0.3 is 5.97 Å². The van der Waals surface area contributed by atoms with E-state index >= 15 is 0 Å². The molecule has 1 amide bonds. The molecule has 1 heterocycles. The molecule has 0 radical (unpaired) electrons. The first-order valence-corrected chi connectivity index (χ1v) is 8.18. The summed E-state index contributed by atoms with van der Waals surface area (Å²) in [6, 6.07) is 11.9. The van der Waals surface area contributed by atoms with Crippen molar-refractivity contribution >= 4 is 23.2 Å². The number of aromatic nitrogens is 1. The van der Waals surface area contributed by atoms with Crippen LogP contribution in [-0.2, 0) is 11.3 Å². The molecular weight excluding hydrogens is 343 g/mol. The molecule has 0 unspecified atom stereocenters. The summed E-state index contributed by atoms with van der Waals surface area (Å²) in [5.41, 5.74) is 7.19. The van der Waals surface area contributed by atoms with Crippen LogP contribution in [0.5, 0.6) is 0 Å². The van der Waals surface area contributed by atoms with Gasteiger partial charge in [0.1, 0.15) is 17.4 Å². The fourth-order valence-corrected chi connectivity index (χ4v) is 2.90. The largest absolute Gasteiger partial charge is 0.456 e. The van der Waals surface area contributed by atoms with Crippen molar-refractivity contribution in [1.29, 1.82) is 0 Å². The molecule has 0 spiro atoms. The molecule has 2 N–H and O–H groups in total. The van der Waals surface area contributed by atoms with Crippen LogP contribution in [0.2, 0.25) is 0 Å². The molecule has 3 rings (SSSR count). The van der Waals surface area contributed by atoms with E-state index in [1.165, 1.54) is 47.7 Å². The fraction of sp³-hybridized carbons (Fsp3) is 0.0556. The highest BCUT2D eigenvalue weighted by molar-refractivity contribution is 7.13. The second-order valence-electron chi connectivity index (χ2n) is 5.17. The number of nitrogens with two attached hydrogens (primary N) is 1. The number of thiazole rings is 1. The number of rotatable bonds is 5. The van der Waals surface area contributed by atoms with Gasteiger partial charge in [-0.3, -0.25) is 4.79 Å². The minimum Gasteiger partial charge on any atom is -0.456 e. The summed E-state index contributed by atoms with van der Waals surface area (Å²) in [5.74, 6) is -1.39. The van der Waals surface area contributed by atoms with Crippen LogP contribution in [0.1, 0.15) is 26.4 Å². The summed E-state index contributed by atoms with van der Waals surface area (Å²) in [5, 5.41) is 2.50. The zero-order chi connectivity index (χ0) is 17.8. The van der Waals surface area contributed by atoms with Crippen molar-refractivity contribution in [1.82, 2.24) is 4.98 Å². The molecule has 5 nitrogen and oxygen atoms in total. The Kier molecular flexibility index (Phi) is 4.85. The summed E-state index contributed by atoms with van der Waals surface area (Å²) in [7, 11) is 0. The molecule has 0 aliphatic heterocycles. The summed E-state index contributed by atoms with van der Waals surface area (Å²) in [4.78, 5) is 27.4. The van der Waals surface area contributed by atoms with Crippen molar-refractivity contribution in [3.8, 4) is 10.6 Å². The van der Waals surface area contributed by atoms with Gasteiger partial charge in [0.2, 0.25) is 5.91 Å². The van der Waals surface area contributed by atoms with Crippen LogP contribution in [0.15, 0.2) is 53.9 Å². The molecule has 25 heavy (non-hydrogen) atoms. The normalized spacial score (nSPS) is 10.4. The molecule has 126 valence electrons. The molecular formula is C18H13FN2O3S. The Morgan fingerprint density at radius 3 is 2.32 bits per heavy atom. The number of hydrogen-bond acceptors (Lipinski definition) is 5. The summed E-state index contributed by atoms with van der Waals surface area (Å²) >= 11 is 1.38. The standard InChI is InChI=1S/C18H13FN2O3S/c19-14-7-5-12(6-8-14)17-21-15(10-25-17)9-24-18(23)13-3-1-11(2-4-13)16(20)22/h1-8,10H,9H2,(H2,20,22). The predicted molar refractivity (Wildman–Crippen MR) is 91.6 cm³/mol. The number of halogens is 1. The van der Waals surface area contributed by atoms with E-state index in [1.807, 2.05) is 0 Å². The van der Waals surface area contributed by atoms with Gasteiger partial charge in [-0.05, 0) is 48.5 Å². The monoisotopic (exact) mass is 356 g/mol. The molecule has 1 aromatic heterocycles. The van der Waals surface area contributed by atoms with Crippen molar-refractivity contribution in [2.75, 3.05) is 0 Å². The third-order valence-electron chi connectivity index (χ3n) is 3.40. The first-order valence-electron chi connectivity index (χ1n) is 7.30. The van der Waals surface area contributed by atoms with Gasteiger partial charge in [-0.25, -0.2) is 14.2 Å². The van der Waals surface area contributed by atoms with E-state index in [-0.39, 0.29) is 12.4 Å². The van der Waals surface area contributed by atoms with Crippen LogP contribution < -0.4 is 5.73 Å². The lowest BCUT2D eigenvalue weighted by Gasteiger charge is -2.03. The lowest BCUT2D eigenvalue weighted by Crippen LogP contribution is -2.11. The molecule has 0 aliphatic carbocycles. The number of carbonyl (C=O) groups is 2. The Hall–Kier alpha value is -3.06. The predicted octanol–water partition coefficient (Wildman–Crippen LogP) is 3.41. The molecule has 0 fully saturated rings. The van der Waals surface area contributed by atoms with Crippen molar-refractivity contribution < 1.29 is 18.7 Å². The Morgan fingerprint density at radius 2 is 1.68 bits per heavy atom. The number of hydrogen-bond donors (Lipinski definition) is 1. The number of esters is 1. The van der Waals surface area contributed by atoms with Gasteiger partial charge in [0.25, 0.3) is 0 Å². The van der Waals surface area contributed by atoms with E-state index in [0.29, 0.717) is 16.8 Å². The zero-order valence-corrected chi connectivity index (χ0v) is 13.8. The van der Waals surface area contributed by atoms with Gasteiger partial charge in [0.15, 0.2) is 0 Å². The summed E-state index contributed by atoms with van der Waals surface area (Å²) in [6.45, 7) is 0.0219.